The monoisotopic (exact) mass is 402 g/mol. The minimum Gasteiger partial charge on any atom is -0.497 e. The largest absolute Gasteiger partial charge is 0.497 e. The number of hydrogen-bond donors (Lipinski definition) is 1. The Hall–Kier alpha value is -1.73. The quantitative estimate of drug-likeness (QED) is 0.668. The van der Waals surface area contributed by atoms with Gasteiger partial charge in [0.1, 0.15) is 11.3 Å². The summed E-state index contributed by atoms with van der Waals surface area (Å²) in [6.45, 7) is 0.721. The zero-order chi connectivity index (χ0) is 19.3. The minimum absolute atomic E-state index is 0.450. The van der Waals surface area contributed by atoms with Crippen LogP contribution in [0.25, 0.3) is 0 Å². The van der Waals surface area contributed by atoms with Crippen molar-refractivity contribution in [2.45, 2.75) is 43.6 Å². The summed E-state index contributed by atoms with van der Waals surface area (Å²) in [4.78, 5) is 0. The summed E-state index contributed by atoms with van der Waals surface area (Å²) < 4.78 is 5.34. The van der Waals surface area contributed by atoms with Gasteiger partial charge in [0.2, 0.25) is 0 Å². The predicted molar refractivity (Wildman–Crippen MR) is 111 cm³/mol. The van der Waals surface area contributed by atoms with E-state index < -0.39 is 5.54 Å². The van der Waals surface area contributed by atoms with Crippen LogP contribution in [0, 0.1) is 11.3 Å². The zero-order valence-corrected chi connectivity index (χ0v) is 17.0. The van der Waals surface area contributed by atoms with E-state index in [1.165, 1.54) is 5.56 Å². The maximum absolute atomic E-state index is 9.79. The van der Waals surface area contributed by atoms with Gasteiger partial charge in [-0.05, 0) is 73.4 Å². The first-order valence-corrected chi connectivity index (χ1v) is 10.0. The lowest BCUT2D eigenvalue weighted by Gasteiger charge is -2.36. The van der Waals surface area contributed by atoms with Crippen LogP contribution in [0.4, 0.5) is 0 Å². The van der Waals surface area contributed by atoms with E-state index in [-0.39, 0.29) is 0 Å². The van der Waals surface area contributed by atoms with Crippen LogP contribution in [0.3, 0.4) is 0 Å². The number of benzene rings is 2. The lowest BCUT2D eigenvalue weighted by Crippen LogP contribution is -2.47. The average molecular weight is 403 g/mol. The third-order valence-corrected chi connectivity index (χ3v) is 6.08. The molecule has 2 aromatic carbocycles. The second-order valence-corrected chi connectivity index (χ2v) is 8.00. The van der Waals surface area contributed by atoms with Crippen molar-refractivity contribution in [3.05, 3.63) is 63.6 Å². The number of methoxy groups -OCH3 is 1. The number of ether oxygens (including phenoxy) is 1. The molecule has 5 heteroatoms. The van der Waals surface area contributed by atoms with Gasteiger partial charge in [-0.3, -0.25) is 5.32 Å². The smallest absolute Gasteiger partial charge is 0.119 e. The SMILES string of the molecule is COc1cccc(C2CCC(C#N)(NCCc3ccc(Cl)cc3Cl)CC2)c1. The Balaban J connectivity index is 1.57. The molecule has 0 saturated heterocycles. The maximum Gasteiger partial charge on any atom is 0.119 e. The van der Waals surface area contributed by atoms with Crippen molar-refractivity contribution in [2.75, 3.05) is 13.7 Å². The summed E-state index contributed by atoms with van der Waals surface area (Å²) in [6, 6.07) is 16.4. The summed E-state index contributed by atoms with van der Waals surface area (Å²) in [5.74, 6) is 1.37. The molecule has 0 heterocycles. The van der Waals surface area contributed by atoms with E-state index in [1.807, 2.05) is 24.3 Å². The zero-order valence-electron chi connectivity index (χ0n) is 15.5. The third-order valence-electron chi connectivity index (χ3n) is 5.49. The van der Waals surface area contributed by atoms with Gasteiger partial charge in [0.05, 0.1) is 13.2 Å². The summed E-state index contributed by atoms with van der Waals surface area (Å²) in [7, 11) is 1.69. The van der Waals surface area contributed by atoms with E-state index in [4.69, 9.17) is 27.9 Å². The second-order valence-electron chi connectivity index (χ2n) is 7.16. The minimum atomic E-state index is -0.450. The molecule has 0 unspecified atom stereocenters. The molecule has 1 N–H and O–H groups in total. The summed E-state index contributed by atoms with van der Waals surface area (Å²) in [5.41, 5.74) is 1.90. The van der Waals surface area contributed by atoms with E-state index in [0.717, 1.165) is 50.0 Å². The van der Waals surface area contributed by atoms with Crippen LogP contribution in [0.5, 0.6) is 5.75 Å². The van der Waals surface area contributed by atoms with Crippen LogP contribution in [-0.2, 0) is 6.42 Å². The fraction of sp³-hybridized carbons (Fsp3) is 0.409. The Labute approximate surface area is 171 Å². The Morgan fingerprint density at radius 1 is 1.19 bits per heavy atom. The highest BCUT2D eigenvalue weighted by atomic mass is 35.5. The van der Waals surface area contributed by atoms with Crippen molar-refractivity contribution < 1.29 is 4.74 Å². The van der Waals surface area contributed by atoms with Gasteiger partial charge in [-0.1, -0.05) is 41.4 Å². The number of nitrogens with one attached hydrogen (secondary N) is 1. The number of hydrogen-bond acceptors (Lipinski definition) is 3. The Morgan fingerprint density at radius 2 is 1.96 bits per heavy atom. The number of nitriles is 1. The molecule has 27 heavy (non-hydrogen) atoms. The van der Waals surface area contributed by atoms with Gasteiger partial charge in [-0.15, -0.1) is 0 Å². The first kappa shape index (κ1) is 20.0. The fourth-order valence-electron chi connectivity index (χ4n) is 3.83. The van der Waals surface area contributed by atoms with E-state index in [1.54, 1.807) is 13.2 Å². The number of halogens is 2. The molecule has 3 rings (SSSR count). The molecule has 0 aromatic heterocycles. The molecule has 0 amide bonds. The predicted octanol–water partition coefficient (Wildman–Crippen LogP) is 5.75. The fourth-order valence-corrected chi connectivity index (χ4v) is 4.33. The van der Waals surface area contributed by atoms with Crippen LogP contribution in [0.1, 0.15) is 42.7 Å². The highest BCUT2D eigenvalue weighted by Gasteiger charge is 2.35. The van der Waals surface area contributed by atoms with Crippen molar-refractivity contribution in [2.24, 2.45) is 0 Å². The van der Waals surface area contributed by atoms with Gasteiger partial charge in [0, 0.05) is 16.6 Å². The van der Waals surface area contributed by atoms with Gasteiger partial charge in [-0.25, -0.2) is 0 Å². The van der Waals surface area contributed by atoms with Gasteiger partial charge >= 0.3 is 0 Å². The maximum atomic E-state index is 9.79. The third kappa shape index (κ3) is 4.96. The molecular formula is C22H24Cl2N2O. The van der Waals surface area contributed by atoms with Crippen LogP contribution in [0.15, 0.2) is 42.5 Å². The average Bonchev–Trinajstić information content (AvgIpc) is 2.70. The van der Waals surface area contributed by atoms with E-state index in [0.29, 0.717) is 16.0 Å². The number of rotatable bonds is 6. The van der Waals surface area contributed by atoms with Gasteiger partial charge in [0.15, 0.2) is 0 Å². The van der Waals surface area contributed by atoms with Crippen molar-refractivity contribution in [1.82, 2.24) is 5.32 Å². The summed E-state index contributed by atoms with van der Waals surface area (Å²) >= 11 is 12.2. The lowest BCUT2D eigenvalue weighted by atomic mass is 9.74. The van der Waals surface area contributed by atoms with Gasteiger partial charge < -0.3 is 4.74 Å². The number of nitrogens with zero attached hydrogens (tertiary/aromatic N) is 1. The molecule has 1 aliphatic rings. The topological polar surface area (TPSA) is 45.0 Å². The van der Waals surface area contributed by atoms with E-state index in [9.17, 15) is 5.26 Å². The molecule has 1 saturated carbocycles. The van der Waals surface area contributed by atoms with Crippen molar-refractivity contribution in [1.29, 1.82) is 5.26 Å². The highest BCUT2D eigenvalue weighted by Crippen LogP contribution is 2.38. The van der Waals surface area contributed by atoms with E-state index in [2.05, 4.69) is 23.5 Å². The first-order chi connectivity index (χ1) is 13.0. The Kier molecular flexibility index (Phi) is 6.65. The van der Waals surface area contributed by atoms with Crippen molar-refractivity contribution >= 4 is 23.2 Å². The van der Waals surface area contributed by atoms with Crippen molar-refractivity contribution in [3.8, 4) is 11.8 Å². The molecule has 3 nitrogen and oxygen atoms in total. The first-order valence-electron chi connectivity index (χ1n) is 9.29. The molecule has 0 radical (unpaired) electrons. The molecule has 1 fully saturated rings. The van der Waals surface area contributed by atoms with Crippen LogP contribution in [-0.4, -0.2) is 19.2 Å². The van der Waals surface area contributed by atoms with Crippen LogP contribution < -0.4 is 10.1 Å². The second kappa shape index (κ2) is 8.97. The van der Waals surface area contributed by atoms with Crippen LogP contribution >= 0.6 is 23.2 Å². The standard InChI is InChI=1S/C22H24Cl2N2O/c1-27-20-4-2-3-18(13-20)16-7-10-22(15-25,11-8-16)26-12-9-17-5-6-19(23)14-21(17)24/h2-6,13-14,16,26H,7-12H2,1H3. The van der Waals surface area contributed by atoms with E-state index >= 15 is 0 Å². The summed E-state index contributed by atoms with van der Waals surface area (Å²) in [6.07, 6.45) is 4.46. The molecule has 142 valence electrons. The molecule has 2 aromatic rings. The summed E-state index contributed by atoms with van der Waals surface area (Å²) in [5, 5.41) is 14.6. The molecule has 1 aliphatic carbocycles. The Morgan fingerprint density at radius 3 is 2.63 bits per heavy atom. The molecule has 0 aliphatic heterocycles. The molecule has 0 bridgehead atoms. The molecule has 0 spiro atoms. The lowest BCUT2D eigenvalue weighted by molar-refractivity contribution is 0.277. The normalized spacial score (nSPS) is 22.2. The highest BCUT2D eigenvalue weighted by molar-refractivity contribution is 6.35. The van der Waals surface area contributed by atoms with Crippen molar-refractivity contribution in [3.63, 3.8) is 0 Å². The van der Waals surface area contributed by atoms with Crippen LogP contribution in [0.2, 0.25) is 10.0 Å². The molecular weight excluding hydrogens is 379 g/mol. The molecule has 0 atom stereocenters. The van der Waals surface area contributed by atoms with Gasteiger partial charge in [0.25, 0.3) is 0 Å². The van der Waals surface area contributed by atoms with Gasteiger partial charge in [-0.2, -0.15) is 5.26 Å². The Bertz CT molecular complexity index is 823.